The Morgan fingerprint density at radius 3 is 1.48 bits per heavy atom. The van der Waals surface area contributed by atoms with Gasteiger partial charge < -0.3 is 35.7 Å². The maximum absolute atomic E-state index is 12.8. The van der Waals surface area contributed by atoms with Crippen LogP contribution in [0.15, 0.2) is 48.6 Å². The summed E-state index contributed by atoms with van der Waals surface area (Å²) in [4.78, 5) is 37.0. The van der Waals surface area contributed by atoms with Gasteiger partial charge in [0.2, 0.25) is 5.60 Å². The summed E-state index contributed by atoms with van der Waals surface area (Å²) in [5, 5.41) is 68.8. The lowest BCUT2D eigenvalue weighted by atomic mass is 9.82. The molecule has 0 bridgehead atoms. The average molecular weight is 458 g/mol. The van der Waals surface area contributed by atoms with Crippen LogP contribution in [0.4, 0.5) is 0 Å². The molecule has 0 radical (unpaired) electrons. The number of benzene rings is 2. The third-order valence-electron chi connectivity index (χ3n) is 4.75. The predicted molar refractivity (Wildman–Crippen MR) is 115 cm³/mol. The van der Waals surface area contributed by atoms with Gasteiger partial charge in [-0.2, -0.15) is 0 Å². The molecule has 10 heteroatoms. The van der Waals surface area contributed by atoms with Crippen LogP contribution in [0, 0.1) is 0 Å². The molecular formula is C23H22O10. The number of rotatable bonds is 9. The van der Waals surface area contributed by atoms with E-state index in [0.29, 0.717) is 12.2 Å². The Balaban J connectivity index is 2.42. The van der Waals surface area contributed by atoms with E-state index in [2.05, 4.69) is 0 Å². The molecule has 0 aliphatic rings. The van der Waals surface area contributed by atoms with Crippen molar-refractivity contribution < 1.29 is 50.1 Å². The summed E-state index contributed by atoms with van der Waals surface area (Å²) in [6.45, 7) is 0.882. The van der Waals surface area contributed by atoms with E-state index in [1.54, 1.807) is 0 Å². The number of carbonyl (C=O) groups excluding carboxylic acids is 3. The number of carbonyl (C=O) groups is 3. The zero-order chi connectivity index (χ0) is 24.9. The Morgan fingerprint density at radius 2 is 1.15 bits per heavy atom. The van der Waals surface area contributed by atoms with Gasteiger partial charge in [-0.05, 0) is 54.5 Å². The standard InChI is InChI=1S/C23H22O10/c1-12(24)21(31)22(32)23(33,19(29)8-4-13-2-6-15(25)17(27)10-13)20(30)9-5-14-3-7-16(26)18(28)11-14/h2-11,21-22,25-28,31-33H,1H3/b8-4+,9-5+. The molecule has 0 aliphatic heterocycles. The quantitative estimate of drug-likeness (QED) is 0.157. The summed E-state index contributed by atoms with van der Waals surface area (Å²) in [7, 11) is 0. The molecule has 0 saturated heterocycles. The zero-order valence-corrected chi connectivity index (χ0v) is 17.3. The Kier molecular flexibility index (Phi) is 7.72. The highest BCUT2D eigenvalue weighted by atomic mass is 16.4. The fourth-order valence-corrected chi connectivity index (χ4v) is 2.75. The first kappa shape index (κ1) is 25.3. The lowest BCUT2D eigenvalue weighted by Crippen LogP contribution is -2.60. The minimum absolute atomic E-state index is 0.185. The van der Waals surface area contributed by atoms with Crippen LogP contribution in [0.25, 0.3) is 12.2 Å². The lowest BCUT2D eigenvalue weighted by molar-refractivity contribution is -0.168. The molecule has 174 valence electrons. The first-order valence-electron chi connectivity index (χ1n) is 9.45. The van der Waals surface area contributed by atoms with Gasteiger partial charge in [-0.3, -0.25) is 14.4 Å². The lowest BCUT2D eigenvalue weighted by Gasteiger charge is -2.30. The maximum Gasteiger partial charge on any atom is 0.218 e. The van der Waals surface area contributed by atoms with Crippen molar-refractivity contribution in [1.82, 2.24) is 0 Å². The number of aliphatic hydroxyl groups excluding tert-OH is 2. The number of hydrogen-bond donors (Lipinski definition) is 7. The van der Waals surface area contributed by atoms with Crippen LogP contribution in [0.1, 0.15) is 18.1 Å². The van der Waals surface area contributed by atoms with E-state index in [0.717, 1.165) is 43.3 Å². The van der Waals surface area contributed by atoms with Crippen molar-refractivity contribution in [2.45, 2.75) is 24.7 Å². The van der Waals surface area contributed by atoms with Gasteiger partial charge in [0.25, 0.3) is 0 Å². The van der Waals surface area contributed by atoms with Crippen molar-refractivity contribution in [3.05, 3.63) is 59.7 Å². The summed E-state index contributed by atoms with van der Waals surface area (Å²) in [5.41, 5.74) is -2.90. The Hall–Kier alpha value is -3.99. The first-order chi connectivity index (χ1) is 15.4. The third-order valence-corrected chi connectivity index (χ3v) is 4.75. The number of phenols is 4. The second kappa shape index (κ2) is 10.1. The average Bonchev–Trinajstić information content (AvgIpc) is 2.78. The Morgan fingerprint density at radius 1 is 0.758 bits per heavy atom. The van der Waals surface area contributed by atoms with Crippen molar-refractivity contribution in [2.75, 3.05) is 0 Å². The van der Waals surface area contributed by atoms with Gasteiger partial charge in [-0.1, -0.05) is 24.3 Å². The number of ketones is 3. The molecular weight excluding hydrogens is 436 g/mol. The molecule has 2 rings (SSSR count). The van der Waals surface area contributed by atoms with Crippen molar-refractivity contribution in [1.29, 1.82) is 0 Å². The predicted octanol–water partition coefficient (Wildman–Crippen LogP) is 0.416. The second-order valence-electron chi connectivity index (χ2n) is 7.16. The fraction of sp³-hybridized carbons (Fsp3) is 0.174. The largest absolute Gasteiger partial charge is 0.504 e. The number of aromatic hydroxyl groups is 4. The van der Waals surface area contributed by atoms with Crippen LogP contribution in [0.5, 0.6) is 23.0 Å². The molecule has 7 N–H and O–H groups in total. The monoisotopic (exact) mass is 458 g/mol. The number of Topliss-reactive ketones (excluding diaryl/α,β-unsaturated/α-hetero) is 1. The van der Waals surface area contributed by atoms with Gasteiger partial charge in [-0.25, -0.2) is 0 Å². The molecule has 2 aromatic rings. The van der Waals surface area contributed by atoms with Crippen molar-refractivity contribution in [3.63, 3.8) is 0 Å². The molecule has 0 amide bonds. The van der Waals surface area contributed by atoms with E-state index in [4.69, 9.17) is 0 Å². The molecule has 10 nitrogen and oxygen atoms in total. The van der Waals surface area contributed by atoms with Gasteiger partial charge >= 0.3 is 0 Å². The molecule has 0 heterocycles. The van der Waals surface area contributed by atoms with Gasteiger partial charge in [0.05, 0.1) is 0 Å². The molecule has 33 heavy (non-hydrogen) atoms. The number of aliphatic hydroxyl groups is 3. The summed E-state index contributed by atoms with van der Waals surface area (Å²) in [6, 6.07) is 7.02. The van der Waals surface area contributed by atoms with Gasteiger partial charge in [0, 0.05) is 0 Å². The molecule has 0 aromatic heterocycles. The highest BCUT2D eigenvalue weighted by Gasteiger charge is 2.51. The molecule has 0 spiro atoms. The SMILES string of the molecule is CC(=O)C(O)C(O)C(O)(C(=O)/C=C/c1ccc(O)c(O)c1)C(=O)/C=C/c1ccc(O)c(O)c1. The summed E-state index contributed by atoms with van der Waals surface area (Å²) < 4.78 is 0. The van der Waals surface area contributed by atoms with Crippen LogP contribution < -0.4 is 0 Å². The normalized spacial score (nSPS) is 13.8. The topological polar surface area (TPSA) is 193 Å². The van der Waals surface area contributed by atoms with E-state index in [-0.39, 0.29) is 11.1 Å². The van der Waals surface area contributed by atoms with Gasteiger partial charge in [0.1, 0.15) is 12.2 Å². The molecule has 0 fully saturated rings. The Labute approximate surface area is 187 Å². The van der Waals surface area contributed by atoms with Crippen molar-refractivity contribution in [2.24, 2.45) is 0 Å². The minimum Gasteiger partial charge on any atom is -0.504 e. The molecule has 2 atom stereocenters. The van der Waals surface area contributed by atoms with E-state index in [1.807, 2.05) is 0 Å². The highest BCUT2D eigenvalue weighted by molar-refractivity contribution is 6.21. The molecule has 0 aliphatic carbocycles. The summed E-state index contributed by atoms with van der Waals surface area (Å²) in [5.74, 6) is -5.62. The number of phenolic OH excluding ortho intramolecular Hbond substituents is 4. The minimum atomic E-state index is -3.27. The molecule has 2 aromatic carbocycles. The third kappa shape index (κ3) is 5.63. The van der Waals surface area contributed by atoms with Crippen LogP contribution in [0.2, 0.25) is 0 Å². The first-order valence-corrected chi connectivity index (χ1v) is 9.45. The second-order valence-corrected chi connectivity index (χ2v) is 7.16. The fourth-order valence-electron chi connectivity index (χ4n) is 2.75. The van der Waals surface area contributed by atoms with Crippen molar-refractivity contribution in [3.8, 4) is 23.0 Å². The summed E-state index contributed by atoms with van der Waals surface area (Å²) >= 11 is 0. The van der Waals surface area contributed by atoms with Crippen LogP contribution in [0.3, 0.4) is 0 Å². The molecule has 2 unspecified atom stereocenters. The smallest absolute Gasteiger partial charge is 0.218 e. The van der Waals surface area contributed by atoms with E-state index >= 15 is 0 Å². The molecule has 0 saturated carbocycles. The Bertz CT molecular complexity index is 1060. The maximum atomic E-state index is 12.8. The van der Waals surface area contributed by atoms with Crippen LogP contribution in [-0.4, -0.2) is 70.9 Å². The highest BCUT2D eigenvalue weighted by Crippen LogP contribution is 2.27. The van der Waals surface area contributed by atoms with Crippen molar-refractivity contribution >= 4 is 29.5 Å². The van der Waals surface area contributed by atoms with Gasteiger partial charge in [0.15, 0.2) is 40.3 Å². The van der Waals surface area contributed by atoms with E-state index < -0.39 is 58.2 Å². The summed E-state index contributed by atoms with van der Waals surface area (Å²) in [6.07, 6.45) is -1.27. The van der Waals surface area contributed by atoms with E-state index in [9.17, 15) is 50.1 Å². The number of hydrogen-bond acceptors (Lipinski definition) is 10. The van der Waals surface area contributed by atoms with E-state index in [1.165, 1.54) is 12.1 Å². The zero-order valence-electron chi connectivity index (χ0n) is 17.3. The van der Waals surface area contributed by atoms with Crippen LogP contribution >= 0.6 is 0 Å². The van der Waals surface area contributed by atoms with Crippen LogP contribution in [-0.2, 0) is 14.4 Å². The van der Waals surface area contributed by atoms with Gasteiger partial charge in [-0.15, -0.1) is 0 Å².